The fourth-order valence-electron chi connectivity index (χ4n) is 3.92. The summed E-state index contributed by atoms with van der Waals surface area (Å²) in [5, 5.41) is 0. The summed E-state index contributed by atoms with van der Waals surface area (Å²) < 4.78 is 0. The Morgan fingerprint density at radius 2 is 0.861 bits per heavy atom. The second-order valence-electron chi connectivity index (χ2n) is 9.25. The summed E-state index contributed by atoms with van der Waals surface area (Å²) in [4.78, 5) is 0.998. The Morgan fingerprint density at radius 3 is 1.25 bits per heavy atom. The van der Waals surface area contributed by atoms with Gasteiger partial charge in [0.1, 0.15) is 0 Å². The van der Waals surface area contributed by atoms with Crippen molar-refractivity contribution in [1.29, 1.82) is 0 Å². The summed E-state index contributed by atoms with van der Waals surface area (Å²) in [5.74, 6) is 19.9. The van der Waals surface area contributed by atoms with Gasteiger partial charge in [0.2, 0.25) is 0 Å². The Hall–Kier alpha value is -4.05. The van der Waals surface area contributed by atoms with Gasteiger partial charge in [0.05, 0.1) is 5.57 Å². The summed E-state index contributed by atoms with van der Waals surface area (Å²) >= 11 is 4.51. The van der Waals surface area contributed by atoms with Crippen LogP contribution in [0.3, 0.4) is 0 Å². The van der Waals surface area contributed by atoms with Crippen molar-refractivity contribution in [3.63, 3.8) is 0 Å². The van der Waals surface area contributed by atoms with Crippen LogP contribution in [0.1, 0.15) is 61.2 Å². The minimum atomic E-state index is 0.913. The molecule has 0 saturated carbocycles. The molecular weight excluding hydrogens is 452 g/mol. The van der Waals surface area contributed by atoms with Gasteiger partial charge in [-0.3, -0.25) is 0 Å². The number of rotatable bonds is 0. The third-order valence-electron chi connectivity index (χ3n) is 6.28. The van der Waals surface area contributed by atoms with E-state index in [1.54, 1.807) is 0 Å². The minimum Gasteiger partial charge on any atom is -0.143 e. The second kappa shape index (κ2) is 10.7. The van der Waals surface area contributed by atoms with E-state index < -0.39 is 0 Å². The van der Waals surface area contributed by atoms with Gasteiger partial charge in [-0.1, -0.05) is 41.6 Å². The average Bonchev–Trinajstić information content (AvgIpc) is 3.36. The predicted molar refractivity (Wildman–Crippen MR) is 155 cm³/mol. The van der Waals surface area contributed by atoms with E-state index in [-0.39, 0.29) is 0 Å². The molecule has 0 unspecified atom stereocenters. The monoisotopic (exact) mass is 480 g/mol. The molecule has 0 saturated heterocycles. The zero-order valence-corrected chi connectivity index (χ0v) is 22.5. The van der Waals surface area contributed by atoms with Gasteiger partial charge in [-0.05, 0) is 123 Å². The van der Waals surface area contributed by atoms with Gasteiger partial charge >= 0.3 is 0 Å². The van der Waals surface area contributed by atoms with Crippen molar-refractivity contribution in [2.75, 3.05) is 0 Å². The Morgan fingerprint density at radius 1 is 0.500 bits per heavy atom. The summed E-state index contributed by atoms with van der Waals surface area (Å²) in [7, 11) is 0. The lowest BCUT2D eigenvalue weighted by molar-refractivity contribution is 1.25. The normalized spacial score (nSPS) is 11.1. The summed E-state index contributed by atoms with van der Waals surface area (Å²) in [6, 6.07) is 12.7. The molecule has 0 amide bonds. The molecule has 0 aromatic heterocycles. The first-order valence-corrected chi connectivity index (χ1v) is 12.4. The number of hydrogen-bond donors (Lipinski definition) is 1. The van der Waals surface area contributed by atoms with Crippen LogP contribution in [-0.4, -0.2) is 0 Å². The average molecular weight is 481 g/mol. The van der Waals surface area contributed by atoms with E-state index in [2.05, 4.69) is 132 Å². The molecule has 0 aliphatic heterocycles. The van der Waals surface area contributed by atoms with Gasteiger partial charge in [0, 0.05) is 32.7 Å². The molecule has 3 aromatic carbocycles. The van der Waals surface area contributed by atoms with Crippen molar-refractivity contribution in [3.05, 3.63) is 127 Å². The molecule has 3 aromatic rings. The van der Waals surface area contributed by atoms with Gasteiger partial charge < -0.3 is 0 Å². The van der Waals surface area contributed by atoms with E-state index in [4.69, 9.17) is 0 Å². The van der Waals surface area contributed by atoms with Gasteiger partial charge in [0.15, 0.2) is 0 Å². The van der Waals surface area contributed by atoms with Gasteiger partial charge in [0.25, 0.3) is 0 Å². The van der Waals surface area contributed by atoms with Crippen molar-refractivity contribution in [2.24, 2.45) is 0 Å². The van der Waals surface area contributed by atoms with Gasteiger partial charge in [-0.15, -0.1) is 18.4 Å². The lowest BCUT2D eigenvalue weighted by Crippen LogP contribution is -1.92. The minimum absolute atomic E-state index is 0.913. The third kappa shape index (κ3) is 5.77. The van der Waals surface area contributed by atoms with E-state index in [1.165, 1.54) is 0 Å². The van der Waals surface area contributed by atoms with Crippen LogP contribution in [0.4, 0.5) is 0 Å². The number of aryl methyl sites for hydroxylation is 6. The number of thiol groups is 1. The van der Waals surface area contributed by atoms with Crippen molar-refractivity contribution in [1.82, 2.24) is 0 Å². The van der Waals surface area contributed by atoms with Crippen molar-refractivity contribution in [2.45, 2.75) is 46.4 Å². The Labute approximate surface area is 221 Å². The lowest BCUT2D eigenvalue weighted by atomic mass is 9.98. The van der Waals surface area contributed by atoms with Crippen LogP contribution in [0.15, 0.2) is 70.8 Å². The highest BCUT2D eigenvalue weighted by Crippen LogP contribution is 2.20. The first-order chi connectivity index (χ1) is 17.2. The van der Waals surface area contributed by atoms with Gasteiger partial charge in [-0.2, -0.15) is 0 Å². The fraction of sp³-hybridized carbons (Fsp3) is 0.171. The molecular formula is C35H28S. The van der Waals surface area contributed by atoms with E-state index >= 15 is 0 Å². The molecule has 0 fully saturated rings. The molecule has 0 N–H and O–H groups in total. The van der Waals surface area contributed by atoms with E-state index in [0.717, 1.165) is 71.7 Å². The molecule has 1 aliphatic rings. The van der Waals surface area contributed by atoms with Crippen molar-refractivity contribution < 1.29 is 0 Å². The smallest absolute Gasteiger partial charge is 0.0667 e. The van der Waals surface area contributed by atoms with Crippen LogP contribution in [-0.2, 0) is 0 Å². The Balaban J connectivity index is 1.61. The summed E-state index contributed by atoms with van der Waals surface area (Å²) in [6.45, 7) is 12.5. The lowest BCUT2D eigenvalue weighted by Gasteiger charge is -2.06. The van der Waals surface area contributed by atoms with Crippen LogP contribution in [0.5, 0.6) is 0 Å². The molecule has 1 aliphatic carbocycles. The second-order valence-corrected chi connectivity index (χ2v) is 9.73. The molecule has 0 radical (unpaired) electrons. The van der Waals surface area contributed by atoms with E-state index in [9.17, 15) is 0 Å². The highest BCUT2D eigenvalue weighted by molar-refractivity contribution is 7.80. The van der Waals surface area contributed by atoms with Crippen LogP contribution >= 0.6 is 12.6 Å². The molecule has 1 heteroatoms. The highest BCUT2D eigenvalue weighted by Gasteiger charge is 2.05. The Kier molecular flexibility index (Phi) is 7.44. The molecule has 0 heterocycles. The molecule has 36 heavy (non-hydrogen) atoms. The van der Waals surface area contributed by atoms with Crippen molar-refractivity contribution in [3.8, 4) is 35.5 Å². The van der Waals surface area contributed by atoms with Crippen LogP contribution < -0.4 is 0 Å². The molecule has 174 valence electrons. The zero-order valence-electron chi connectivity index (χ0n) is 21.6. The van der Waals surface area contributed by atoms with Crippen LogP contribution in [0.2, 0.25) is 0 Å². The van der Waals surface area contributed by atoms with Crippen molar-refractivity contribution >= 4 is 12.6 Å². The first-order valence-electron chi connectivity index (χ1n) is 11.9. The number of benzene rings is 3. The largest absolute Gasteiger partial charge is 0.143 e. The number of hydrogen-bond acceptors (Lipinski definition) is 1. The SMILES string of the molecule is Cc1cc(C#Cc2cc(C)c(C#Cc3cc(C)c(C#CC4=C=CC=C4)cc3C)cc2C)c(C)cc1S. The quantitative estimate of drug-likeness (QED) is 0.191. The predicted octanol–water partition coefficient (Wildman–Crippen LogP) is 7.63. The maximum Gasteiger partial charge on any atom is 0.0667 e. The number of allylic oxidation sites excluding steroid dienone is 3. The van der Waals surface area contributed by atoms with Gasteiger partial charge in [-0.25, -0.2) is 0 Å². The Bertz CT molecular complexity index is 1680. The molecule has 4 rings (SSSR count). The molecule has 0 nitrogen and oxygen atoms in total. The maximum absolute atomic E-state index is 4.51. The maximum atomic E-state index is 4.51. The van der Waals surface area contributed by atoms with E-state index in [0.29, 0.717) is 0 Å². The third-order valence-corrected chi connectivity index (χ3v) is 6.76. The van der Waals surface area contributed by atoms with Crippen LogP contribution in [0.25, 0.3) is 0 Å². The molecule has 0 atom stereocenters. The first kappa shape index (κ1) is 25.1. The summed E-state index contributed by atoms with van der Waals surface area (Å²) in [6.07, 6.45) is 5.80. The fourth-order valence-corrected chi connectivity index (χ4v) is 4.18. The topological polar surface area (TPSA) is 0 Å². The van der Waals surface area contributed by atoms with Crippen LogP contribution in [0, 0.1) is 77.1 Å². The summed E-state index contributed by atoms with van der Waals surface area (Å²) in [5.41, 5.74) is 16.0. The molecule has 0 bridgehead atoms. The standard InChI is InChI=1S/C35H28S/c1-23-18-31(24(2)17-30(23)12-11-29-9-7-8-10-29)13-14-32-19-26(4)33(20-25(32)3)15-16-34-21-28(6)35(36)22-27(34)5/h7-9,17-22,36H,1-6H3. The zero-order chi connectivity index (χ0) is 25.8. The highest BCUT2D eigenvalue weighted by atomic mass is 32.1. The molecule has 0 spiro atoms. The van der Waals surface area contributed by atoms with E-state index in [1.807, 2.05) is 18.2 Å².